The van der Waals surface area contributed by atoms with Crippen LogP contribution in [0, 0.1) is 0 Å². The Labute approximate surface area is 99.1 Å². The Balaban J connectivity index is 1.78. The summed E-state index contributed by atoms with van der Waals surface area (Å²) in [6, 6.07) is -0.782. The molecule has 0 aromatic rings. The van der Waals surface area contributed by atoms with Gasteiger partial charge in [-0.25, -0.2) is 8.78 Å². The number of halogens is 2. The third-order valence-corrected chi connectivity index (χ3v) is 3.36. The summed E-state index contributed by atoms with van der Waals surface area (Å²) in [6.45, 7) is 2.59. The van der Waals surface area contributed by atoms with E-state index in [1.54, 1.807) is 0 Å². The average molecular weight is 248 g/mol. The molecule has 0 aliphatic carbocycles. The molecule has 0 aromatic carbocycles. The molecule has 17 heavy (non-hydrogen) atoms. The highest BCUT2D eigenvalue weighted by Gasteiger charge is 2.42. The first-order valence-corrected chi connectivity index (χ1v) is 5.93. The van der Waals surface area contributed by atoms with E-state index in [0.29, 0.717) is 13.2 Å². The van der Waals surface area contributed by atoms with Crippen LogP contribution in [0.15, 0.2) is 0 Å². The maximum atomic E-state index is 12.9. The number of nitrogens with one attached hydrogen (secondary N) is 2. The predicted octanol–water partition coefficient (Wildman–Crippen LogP) is 0.669. The number of hydrogen-bond acceptors (Lipinski definition) is 3. The van der Waals surface area contributed by atoms with E-state index in [0.717, 1.165) is 12.8 Å². The lowest BCUT2D eigenvalue weighted by Gasteiger charge is -2.24. The lowest BCUT2D eigenvalue weighted by atomic mass is 10.0. The largest absolute Gasteiger partial charge is 0.373 e. The van der Waals surface area contributed by atoms with Crippen molar-refractivity contribution in [3.8, 4) is 0 Å². The van der Waals surface area contributed by atoms with E-state index in [1.165, 1.54) is 0 Å². The number of carbonyl (C=O) groups excluding carboxylic acids is 1. The molecule has 0 spiro atoms. The second-order valence-electron chi connectivity index (χ2n) is 5.11. The number of hydrogen-bond donors (Lipinski definition) is 2. The van der Waals surface area contributed by atoms with Crippen LogP contribution in [0.2, 0.25) is 0 Å². The predicted molar refractivity (Wildman–Crippen MR) is 58.0 cm³/mol. The molecular formula is C11H18F2N2O2. The highest BCUT2D eigenvalue weighted by Crippen LogP contribution is 2.26. The Morgan fingerprint density at radius 2 is 2.35 bits per heavy atom. The smallest absolute Gasteiger partial charge is 0.262 e. The molecule has 2 heterocycles. The van der Waals surface area contributed by atoms with E-state index >= 15 is 0 Å². The highest BCUT2D eigenvalue weighted by molar-refractivity contribution is 5.82. The van der Waals surface area contributed by atoms with E-state index in [9.17, 15) is 13.6 Å². The molecule has 2 saturated heterocycles. The van der Waals surface area contributed by atoms with Crippen molar-refractivity contribution < 1.29 is 18.3 Å². The van der Waals surface area contributed by atoms with Crippen molar-refractivity contribution in [1.82, 2.24) is 10.6 Å². The highest BCUT2D eigenvalue weighted by atomic mass is 19.3. The van der Waals surface area contributed by atoms with Crippen LogP contribution in [0.1, 0.15) is 26.2 Å². The maximum Gasteiger partial charge on any atom is 0.262 e. The van der Waals surface area contributed by atoms with Gasteiger partial charge in [0.25, 0.3) is 5.92 Å². The first-order chi connectivity index (χ1) is 7.90. The van der Waals surface area contributed by atoms with Gasteiger partial charge in [-0.05, 0) is 19.8 Å². The lowest BCUT2D eigenvalue weighted by Crippen LogP contribution is -2.46. The van der Waals surface area contributed by atoms with Gasteiger partial charge >= 0.3 is 0 Å². The number of carbonyl (C=O) groups is 1. The van der Waals surface area contributed by atoms with Gasteiger partial charge in [0.2, 0.25) is 5.91 Å². The number of amides is 1. The third-order valence-electron chi connectivity index (χ3n) is 3.36. The van der Waals surface area contributed by atoms with Gasteiger partial charge in [0.1, 0.15) is 0 Å². The zero-order valence-corrected chi connectivity index (χ0v) is 9.89. The van der Waals surface area contributed by atoms with Crippen molar-refractivity contribution in [2.75, 3.05) is 19.7 Å². The zero-order chi connectivity index (χ0) is 12.5. The van der Waals surface area contributed by atoms with Crippen molar-refractivity contribution in [2.24, 2.45) is 0 Å². The van der Waals surface area contributed by atoms with Crippen LogP contribution in [-0.4, -0.2) is 43.2 Å². The molecule has 2 N–H and O–H groups in total. The van der Waals surface area contributed by atoms with Crippen LogP contribution in [0.3, 0.4) is 0 Å². The van der Waals surface area contributed by atoms with Gasteiger partial charge in [0.15, 0.2) is 0 Å². The minimum atomic E-state index is -2.77. The number of alkyl halides is 2. The molecule has 6 heteroatoms. The van der Waals surface area contributed by atoms with E-state index in [1.807, 2.05) is 6.92 Å². The van der Waals surface area contributed by atoms with Crippen molar-refractivity contribution in [3.05, 3.63) is 0 Å². The van der Waals surface area contributed by atoms with Crippen molar-refractivity contribution >= 4 is 5.91 Å². The second kappa shape index (κ2) is 4.49. The van der Waals surface area contributed by atoms with Gasteiger partial charge in [-0.1, -0.05) is 0 Å². The summed E-state index contributed by atoms with van der Waals surface area (Å²) in [4.78, 5) is 11.7. The minimum absolute atomic E-state index is 0.337. The van der Waals surface area contributed by atoms with Crippen LogP contribution in [-0.2, 0) is 9.53 Å². The molecule has 2 rings (SSSR count). The Morgan fingerprint density at radius 3 is 2.88 bits per heavy atom. The lowest BCUT2D eigenvalue weighted by molar-refractivity contribution is -0.124. The second-order valence-corrected chi connectivity index (χ2v) is 5.11. The Bertz CT molecular complexity index is 304. The molecule has 4 nitrogen and oxygen atoms in total. The van der Waals surface area contributed by atoms with Crippen LogP contribution >= 0.6 is 0 Å². The number of rotatable bonds is 3. The molecule has 2 aliphatic rings. The van der Waals surface area contributed by atoms with Gasteiger partial charge in [-0.3, -0.25) is 10.1 Å². The summed E-state index contributed by atoms with van der Waals surface area (Å²) in [7, 11) is 0. The van der Waals surface area contributed by atoms with E-state index in [2.05, 4.69) is 10.6 Å². The quantitative estimate of drug-likeness (QED) is 0.772. The van der Waals surface area contributed by atoms with Gasteiger partial charge in [0, 0.05) is 19.6 Å². The fourth-order valence-corrected chi connectivity index (χ4v) is 2.27. The summed E-state index contributed by atoms with van der Waals surface area (Å²) in [5.74, 6) is -3.13. The average Bonchev–Trinajstić information content (AvgIpc) is 2.82. The summed E-state index contributed by atoms with van der Waals surface area (Å²) >= 11 is 0. The van der Waals surface area contributed by atoms with Crippen LogP contribution in [0.25, 0.3) is 0 Å². The van der Waals surface area contributed by atoms with Crippen LogP contribution in [0.4, 0.5) is 8.78 Å². The Kier molecular flexibility index (Phi) is 3.36. The molecule has 98 valence electrons. The van der Waals surface area contributed by atoms with Crippen LogP contribution in [0.5, 0.6) is 0 Å². The molecule has 2 fully saturated rings. The first kappa shape index (κ1) is 12.7. The summed E-state index contributed by atoms with van der Waals surface area (Å²) in [5, 5.41) is 5.22. The van der Waals surface area contributed by atoms with Gasteiger partial charge in [-0.2, -0.15) is 0 Å². The Morgan fingerprint density at radius 1 is 1.59 bits per heavy atom. The normalized spacial score (nSPS) is 36.1. The molecule has 0 bridgehead atoms. The summed E-state index contributed by atoms with van der Waals surface area (Å²) in [5.41, 5.74) is -0.337. The zero-order valence-electron chi connectivity index (χ0n) is 9.89. The van der Waals surface area contributed by atoms with Crippen LogP contribution < -0.4 is 10.6 Å². The van der Waals surface area contributed by atoms with E-state index in [4.69, 9.17) is 4.74 Å². The fraction of sp³-hybridized carbons (Fsp3) is 0.909. The van der Waals surface area contributed by atoms with Crippen molar-refractivity contribution in [1.29, 1.82) is 0 Å². The van der Waals surface area contributed by atoms with Crippen molar-refractivity contribution in [2.45, 2.75) is 43.8 Å². The number of ether oxygens (including phenoxy) is 1. The topological polar surface area (TPSA) is 50.4 Å². The Hall–Kier alpha value is -0.750. The monoisotopic (exact) mass is 248 g/mol. The van der Waals surface area contributed by atoms with Gasteiger partial charge in [-0.15, -0.1) is 0 Å². The molecule has 0 aromatic heterocycles. The molecule has 0 saturated carbocycles. The van der Waals surface area contributed by atoms with Gasteiger partial charge in [0.05, 0.1) is 18.2 Å². The molecule has 2 unspecified atom stereocenters. The maximum absolute atomic E-state index is 12.9. The van der Waals surface area contributed by atoms with E-state index < -0.39 is 24.9 Å². The molecule has 2 aliphatic heterocycles. The molecular weight excluding hydrogens is 230 g/mol. The molecule has 2 atom stereocenters. The molecule has 1 amide bonds. The summed E-state index contributed by atoms with van der Waals surface area (Å²) in [6.07, 6.45) is 1.45. The fourth-order valence-electron chi connectivity index (χ4n) is 2.27. The van der Waals surface area contributed by atoms with Gasteiger partial charge < -0.3 is 10.1 Å². The third kappa shape index (κ3) is 3.13. The first-order valence-electron chi connectivity index (χ1n) is 5.93. The minimum Gasteiger partial charge on any atom is -0.373 e. The standard InChI is InChI=1S/C11H18F2N2O2/c1-10(3-2-4-17-10)6-15-9(16)8-5-11(12,13)7-14-8/h8,14H,2-7H2,1H3,(H,15,16). The SMILES string of the molecule is CC1(CNC(=O)C2CC(F)(F)CN2)CCCO1. The van der Waals surface area contributed by atoms with E-state index in [-0.39, 0.29) is 11.5 Å². The molecule has 0 radical (unpaired) electrons. The summed E-state index contributed by atoms with van der Waals surface area (Å²) < 4.78 is 31.3. The van der Waals surface area contributed by atoms with Crippen molar-refractivity contribution in [3.63, 3.8) is 0 Å².